The molecule has 5 heteroatoms. The molecular formula is C15H22O4S. The third-order valence-electron chi connectivity index (χ3n) is 4.12. The van der Waals surface area contributed by atoms with Gasteiger partial charge in [0, 0.05) is 12.7 Å². The van der Waals surface area contributed by atoms with Crippen molar-refractivity contribution in [1.29, 1.82) is 0 Å². The monoisotopic (exact) mass is 298 g/mol. The molecule has 1 aromatic rings. The molecule has 2 unspecified atom stereocenters. The number of rotatable bonds is 4. The third kappa shape index (κ3) is 2.99. The van der Waals surface area contributed by atoms with E-state index in [2.05, 4.69) is 0 Å². The maximum atomic E-state index is 11.9. The van der Waals surface area contributed by atoms with E-state index in [0.717, 1.165) is 17.5 Å². The van der Waals surface area contributed by atoms with E-state index in [0.29, 0.717) is 25.0 Å². The van der Waals surface area contributed by atoms with Gasteiger partial charge in [0.05, 0.1) is 18.0 Å². The van der Waals surface area contributed by atoms with Crippen molar-refractivity contribution in [2.75, 3.05) is 13.4 Å². The number of sulfone groups is 1. The van der Waals surface area contributed by atoms with E-state index < -0.39 is 20.7 Å². The van der Waals surface area contributed by atoms with Gasteiger partial charge in [0.15, 0.2) is 9.84 Å². The van der Waals surface area contributed by atoms with Crippen LogP contribution in [0.4, 0.5) is 0 Å². The molecule has 0 saturated heterocycles. The molecule has 1 aliphatic rings. The van der Waals surface area contributed by atoms with Gasteiger partial charge in [-0.1, -0.05) is 17.7 Å². The second-order valence-electron chi connectivity index (χ2n) is 5.81. The number of aliphatic hydroxyl groups is 1. The molecule has 1 fully saturated rings. The lowest BCUT2D eigenvalue weighted by Gasteiger charge is -2.29. The highest BCUT2D eigenvalue weighted by atomic mass is 32.2. The van der Waals surface area contributed by atoms with Crippen LogP contribution in [0.2, 0.25) is 0 Å². The zero-order valence-electron chi connectivity index (χ0n) is 12.2. The average molecular weight is 298 g/mol. The molecule has 112 valence electrons. The molecule has 0 aromatic heterocycles. The van der Waals surface area contributed by atoms with Gasteiger partial charge < -0.3 is 9.84 Å². The van der Waals surface area contributed by atoms with Crippen LogP contribution in [0.25, 0.3) is 0 Å². The van der Waals surface area contributed by atoms with Crippen molar-refractivity contribution in [3.05, 3.63) is 29.3 Å². The second kappa shape index (κ2) is 5.37. The van der Waals surface area contributed by atoms with E-state index in [1.165, 1.54) is 6.26 Å². The Hall–Kier alpha value is -1.07. The van der Waals surface area contributed by atoms with Crippen LogP contribution in [0, 0.1) is 6.92 Å². The first-order valence-electron chi connectivity index (χ1n) is 6.81. The zero-order valence-corrected chi connectivity index (χ0v) is 13.0. The van der Waals surface area contributed by atoms with Crippen molar-refractivity contribution >= 4 is 9.84 Å². The van der Waals surface area contributed by atoms with Gasteiger partial charge in [0.25, 0.3) is 0 Å². The quantitative estimate of drug-likeness (QED) is 0.922. The Morgan fingerprint density at radius 3 is 2.75 bits per heavy atom. The summed E-state index contributed by atoms with van der Waals surface area (Å²) < 4.78 is 29.1. The SMILES string of the molecule is COc1ccc(C)cc1CC1(O)CCCC1S(C)(=O)=O. The van der Waals surface area contributed by atoms with E-state index in [1.807, 2.05) is 25.1 Å². The fourth-order valence-electron chi connectivity index (χ4n) is 3.21. The van der Waals surface area contributed by atoms with E-state index in [9.17, 15) is 13.5 Å². The normalized spacial score (nSPS) is 26.7. The molecule has 0 radical (unpaired) electrons. The number of hydrogen-bond donors (Lipinski definition) is 1. The first-order chi connectivity index (χ1) is 9.26. The molecular weight excluding hydrogens is 276 g/mol. The summed E-state index contributed by atoms with van der Waals surface area (Å²) in [6.45, 7) is 1.97. The molecule has 4 nitrogen and oxygen atoms in total. The Morgan fingerprint density at radius 2 is 2.15 bits per heavy atom. The predicted octanol–water partition coefficient (Wildman–Crippen LogP) is 1.87. The van der Waals surface area contributed by atoms with E-state index in [4.69, 9.17) is 4.74 Å². The summed E-state index contributed by atoms with van der Waals surface area (Å²) in [6.07, 6.45) is 3.31. The Morgan fingerprint density at radius 1 is 1.45 bits per heavy atom. The number of ether oxygens (including phenoxy) is 1. The molecule has 2 rings (SSSR count). The van der Waals surface area contributed by atoms with Crippen LogP contribution in [0.5, 0.6) is 5.75 Å². The molecule has 20 heavy (non-hydrogen) atoms. The van der Waals surface area contributed by atoms with E-state index in [-0.39, 0.29) is 0 Å². The van der Waals surface area contributed by atoms with Crippen LogP contribution in [0.15, 0.2) is 18.2 Å². The molecule has 0 aliphatic heterocycles. The summed E-state index contributed by atoms with van der Waals surface area (Å²) in [5, 5.41) is 10.1. The summed E-state index contributed by atoms with van der Waals surface area (Å²) in [7, 11) is -1.67. The fraction of sp³-hybridized carbons (Fsp3) is 0.600. The molecule has 0 spiro atoms. The highest BCUT2D eigenvalue weighted by Crippen LogP contribution is 2.39. The zero-order chi connectivity index (χ0) is 15.0. The lowest BCUT2D eigenvalue weighted by atomic mass is 9.91. The lowest BCUT2D eigenvalue weighted by molar-refractivity contribution is 0.0506. The minimum absolute atomic E-state index is 0.315. The number of benzene rings is 1. The molecule has 0 heterocycles. The van der Waals surface area contributed by atoms with Gasteiger partial charge in [-0.25, -0.2) is 8.42 Å². The summed E-state index contributed by atoms with van der Waals surface area (Å²) >= 11 is 0. The van der Waals surface area contributed by atoms with Crippen LogP contribution in [-0.2, 0) is 16.3 Å². The Bertz CT molecular complexity index is 594. The topological polar surface area (TPSA) is 63.6 Å². The first kappa shape index (κ1) is 15.3. The van der Waals surface area contributed by atoms with Gasteiger partial charge in [0.2, 0.25) is 0 Å². The Labute approximate surface area is 120 Å². The highest BCUT2D eigenvalue weighted by Gasteiger charge is 2.47. The van der Waals surface area contributed by atoms with E-state index >= 15 is 0 Å². The maximum absolute atomic E-state index is 11.9. The molecule has 0 amide bonds. The van der Waals surface area contributed by atoms with Crippen LogP contribution in [-0.4, -0.2) is 37.7 Å². The largest absolute Gasteiger partial charge is 0.496 e. The van der Waals surface area contributed by atoms with Gasteiger partial charge in [-0.2, -0.15) is 0 Å². The lowest BCUT2D eigenvalue weighted by Crippen LogP contribution is -2.44. The van der Waals surface area contributed by atoms with Gasteiger partial charge in [-0.3, -0.25) is 0 Å². The van der Waals surface area contributed by atoms with Crippen LogP contribution in [0.1, 0.15) is 30.4 Å². The summed E-state index contributed by atoms with van der Waals surface area (Å²) in [4.78, 5) is 0. The predicted molar refractivity (Wildman–Crippen MR) is 78.9 cm³/mol. The highest BCUT2D eigenvalue weighted by molar-refractivity contribution is 7.91. The van der Waals surface area contributed by atoms with Gasteiger partial charge in [-0.05, 0) is 37.8 Å². The van der Waals surface area contributed by atoms with Crippen molar-refractivity contribution in [3.63, 3.8) is 0 Å². The van der Waals surface area contributed by atoms with Crippen molar-refractivity contribution in [1.82, 2.24) is 0 Å². The maximum Gasteiger partial charge on any atom is 0.153 e. The van der Waals surface area contributed by atoms with Crippen molar-refractivity contribution in [2.24, 2.45) is 0 Å². The third-order valence-corrected chi connectivity index (χ3v) is 5.83. The number of methoxy groups -OCH3 is 1. The number of aryl methyl sites for hydroxylation is 1. The minimum Gasteiger partial charge on any atom is -0.496 e. The molecule has 2 atom stereocenters. The first-order valence-corrected chi connectivity index (χ1v) is 8.76. The minimum atomic E-state index is -3.25. The van der Waals surface area contributed by atoms with Crippen molar-refractivity contribution in [2.45, 2.75) is 43.5 Å². The summed E-state index contributed by atoms with van der Waals surface area (Å²) in [5.74, 6) is 0.697. The van der Waals surface area contributed by atoms with Gasteiger partial charge in [0.1, 0.15) is 5.75 Å². The summed E-state index contributed by atoms with van der Waals surface area (Å²) in [5.41, 5.74) is 0.748. The van der Waals surface area contributed by atoms with Crippen LogP contribution >= 0.6 is 0 Å². The van der Waals surface area contributed by atoms with Crippen molar-refractivity contribution in [3.8, 4) is 5.75 Å². The van der Waals surface area contributed by atoms with Crippen molar-refractivity contribution < 1.29 is 18.3 Å². The molecule has 0 bridgehead atoms. The van der Waals surface area contributed by atoms with Crippen LogP contribution in [0.3, 0.4) is 0 Å². The smallest absolute Gasteiger partial charge is 0.153 e. The molecule has 1 saturated carbocycles. The van der Waals surface area contributed by atoms with Gasteiger partial charge in [-0.15, -0.1) is 0 Å². The summed E-state index contributed by atoms with van der Waals surface area (Å²) in [6, 6.07) is 5.75. The average Bonchev–Trinajstić information content (AvgIpc) is 2.71. The Balaban J connectivity index is 2.35. The Kier molecular flexibility index (Phi) is 4.12. The van der Waals surface area contributed by atoms with E-state index in [1.54, 1.807) is 7.11 Å². The molecule has 1 aliphatic carbocycles. The van der Waals surface area contributed by atoms with Crippen LogP contribution < -0.4 is 4.74 Å². The standard InChI is InChI=1S/C15H22O4S/c1-11-6-7-13(19-2)12(9-11)10-15(16)8-4-5-14(15)20(3,17)18/h6-7,9,14,16H,4-5,8,10H2,1-3H3. The second-order valence-corrected chi connectivity index (χ2v) is 8.03. The van der Waals surface area contributed by atoms with Gasteiger partial charge >= 0.3 is 0 Å². The number of hydrogen-bond acceptors (Lipinski definition) is 4. The molecule has 1 N–H and O–H groups in total. The fourth-order valence-corrected chi connectivity index (χ4v) is 4.81. The molecule has 1 aromatic carbocycles.